The van der Waals surface area contributed by atoms with Crippen LogP contribution in [0.4, 0.5) is 0 Å². The Morgan fingerprint density at radius 3 is 2.89 bits per heavy atom. The van der Waals surface area contributed by atoms with E-state index in [0.717, 1.165) is 6.42 Å². The van der Waals surface area contributed by atoms with Crippen LogP contribution in [0.3, 0.4) is 0 Å². The second kappa shape index (κ2) is 5.33. The topological polar surface area (TPSA) is 49.3 Å². The van der Waals surface area contributed by atoms with Crippen LogP contribution in [0.2, 0.25) is 0 Å². The third-order valence-corrected chi connectivity index (χ3v) is 4.46. The molecule has 3 nitrogen and oxygen atoms in total. The smallest absolute Gasteiger partial charge is 0.234 e. The predicted molar refractivity (Wildman–Crippen MR) is 73.7 cm³/mol. The highest BCUT2D eigenvalue weighted by molar-refractivity contribution is 8.01. The lowest BCUT2D eigenvalue weighted by atomic mass is 10.0. The fraction of sp³-hybridized carbons (Fsp3) is 0.500. The highest BCUT2D eigenvalue weighted by Crippen LogP contribution is 2.37. The minimum Gasteiger partial charge on any atom is -0.396 e. The van der Waals surface area contributed by atoms with Crippen molar-refractivity contribution < 1.29 is 9.90 Å². The standard InChI is InChI=1S/C14H19NO2S/c1-14(2,7-8-16)15-13(17)12-9-10-5-3-4-6-11(10)18-12/h3-6,12,16H,7-9H2,1-2H3,(H,15,17). The zero-order valence-electron chi connectivity index (χ0n) is 10.8. The number of thioether (sulfide) groups is 1. The molecule has 18 heavy (non-hydrogen) atoms. The first-order valence-electron chi connectivity index (χ1n) is 6.19. The van der Waals surface area contributed by atoms with Gasteiger partial charge in [0.05, 0.1) is 5.25 Å². The van der Waals surface area contributed by atoms with Crippen LogP contribution in [0.25, 0.3) is 0 Å². The summed E-state index contributed by atoms with van der Waals surface area (Å²) in [6, 6.07) is 8.15. The molecule has 1 heterocycles. The van der Waals surface area contributed by atoms with Gasteiger partial charge in [0.2, 0.25) is 5.91 Å². The summed E-state index contributed by atoms with van der Waals surface area (Å²) < 4.78 is 0. The van der Waals surface area contributed by atoms with Crippen molar-refractivity contribution in [2.24, 2.45) is 0 Å². The number of carbonyl (C=O) groups is 1. The normalized spacial score (nSPS) is 18.5. The van der Waals surface area contributed by atoms with Gasteiger partial charge in [0.15, 0.2) is 0 Å². The Labute approximate surface area is 112 Å². The average molecular weight is 265 g/mol. The molecule has 0 spiro atoms. The number of nitrogens with one attached hydrogen (secondary N) is 1. The number of carbonyl (C=O) groups excluding carboxylic acids is 1. The van der Waals surface area contributed by atoms with E-state index in [-0.39, 0.29) is 23.3 Å². The van der Waals surface area contributed by atoms with Gasteiger partial charge in [-0.2, -0.15) is 0 Å². The largest absolute Gasteiger partial charge is 0.396 e. The number of benzene rings is 1. The second-order valence-corrected chi connectivity index (χ2v) is 6.51. The fourth-order valence-electron chi connectivity index (χ4n) is 2.08. The summed E-state index contributed by atoms with van der Waals surface area (Å²) in [5, 5.41) is 11.9. The lowest BCUT2D eigenvalue weighted by Gasteiger charge is -2.26. The van der Waals surface area contributed by atoms with Gasteiger partial charge >= 0.3 is 0 Å². The van der Waals surface area contributed by atoms with Crippen LogP contribution in [0.15, 0.2) is 29.2 Å². The highest BCUT2D eigenvalue weighted by atomic mass is 32.2. The van der Waals surface area contributed by atoms with Crippen molar-refractivity contribution in [1.82, 2.24) is 5.32 Å². The monoisotopic (exact) mass is 265 g/mol. The van der Waals surface area contributed by atoms with Gasteiger partial charge in [-0.3, -0.25) is 4.79 Å². The van der Waals surface area contributed by atoms with Crippen LogP contribution in [0.1, 0.15) is 25.8 Å². The Balaban J connectivity index is 1.97. The van der Waals surface area contributed by atoms with E-state index in [2.05, 4.69) is 17.4 Å². The zero-order chi connectivity index (χ0) is 13.2. The molecule has 1 amide bonds. The molecule has 1 aliphatic heterocycles. The molecule has 1 atom stereocenters. The average Bonchev–Trinajstić information content (AvgIpc) is 2.71. The molecule has 2 N–H and O–H groups in total. The maximum atomic E-state index is 12.2. The quantitative estimate of drug-likeness (QED) is 0.875. The van der Waals surface area contributed by atoms with Crippen LogP contribution in [-0.4, -0.2) is 28.4 Å². The van der Waals surface area contributed by atoms with Crippen molar-refractivity contribution in [2.45, 2.75) is 42.4 Å². The summed E-state index contributed by atoms with van der Waals surface area (Å²) in [6.07, 6.45) is 1.37. The molecule has 1 aliphatic rings. The van der Waals surface area contributed by atoms with Gasteiger partial charge in [0.25, 0.3) is 0 Å². The molecule has 1 aromatic rings. The molecular formula is C14H19NO2S. The first kappa shape index (κ1) is 13.4. The molecule has 1 aromatic carbocycles. The molecule has 0 aromatic heterocycles. The maximum absolute atomic E-state index is 12.2. The maximum Gasteiger partial charge on any atom is 0.234 e. The number of rotatable bonds is 4. The van der Waals surface area contributed by atoms with E-state index in [9.17, 15) is 4.79 Å². The first-order chi connectivity index (χ1) is 8.52. The van der Waals surface area contributed by atoms with Crippen molar-refractivity contribution in [3.63, 3.8) is 0 Å². The van der Waals surface area contributed by atoms with Crippen molar-refractivity contribution >= 4 is 17.7 Å². The minimum atomic E-state index is -0.346. The van der Waals surface area contributed by atoms with Crippen LogP contribution in [0.5, 0.6) is 0 Å². The van der Waals surface area contributed by atoms with Crippen molar-refractivity contribution in [3.05, 3.63) is 29.8 Å². The zero-order valence-corrected chi connectivity index (χ0v) is 11.6. The Kier molecular flexibility index (Phi) is 3.97. The minimum absolute atomic E-state index is 0.0413. The molecule has 1 unspecified atom stereocenters. The van der Waals surface area contributed by atoms with Gasteiger partial charge in [0, 0.05) is 17.0 Å². The van der Waals surface area contributed by atoms with Crippen molar-refractivity contribution in [1.29, 1.82) is 0 Å². The third-order valence-electron chi connectivity index (χ3n) is 3.14. The van der Waals surface area contributed by atoms with Crippen LogP contribution < -0.4 is 5.32 Å². The fourth-order valence-corrected chi connectivity index (χ4v) is 3.28. The molecule has 0 fully saturated rings. The molecule has 0 bridgehead atoms. The van der Waals surface area contributed by atoms with Gasteiger partial charge in [-0.15, -0.1) is 11.8 Å². The van der Waals surface area contributed by atoms with E-state index in [1.54, 1.807) is 11.8 Å². The summed E-state index contributed by atoms with van der Waals surface area (Å²) in [4.78, 5) is 13.4. The Bertz CT molecular complexity index is 420. The molecule has 0 aliphatic carbocycles. The van der Waals surface area contributed by atoms with Gasteiger partial charge in [-0.1, -0.05) is 18.2 Å². The number of hydrogen-bond donors (Lipinski definition) is 2. The SMILES string of the molecule is CC(C)(CCO)NC(=O)C1Cc2ccccc2S1. The Morgan fingerprint density at radius 1 is 1.50 bits per heavy atom. The highest BCUT2D eigenvalue weighted by Gasteiger charge is 2.31. The summed E-state index contributed by atoms with van der Waals surface area (Å²) in [5.41, 5.74) is 0.906. The summed E-state index contributed by atoms with van der Waals surface area (Å²) in [7, 11) is 0. The molecular weight excluding hydrogens is 246 g/mol. The number of fused-ring (bicyclic) bond motifs is 1. The summed E-state index contributed by atoms with van der Waals surface area (Å²) in [5.74, 6) is 0.0645. The second-order valence-electron chi connectivity index (χ2n) is 5.27. The van der Waals surface area contributed by atoms with Crippen molar-refractivity contribution in [2.75, 3.05) is 6.61 Å². The number of aliphatic hydroxyl groups is 1. The molecule has 0 saturated carbocycles. The lowest BCUT2D eigenvalue weighted by Crippen LogP contribution is -2.47. The molecule has 98 valence electrons. The van der Waals surface area contributed by atoms with Gasteiger partial charge in [0.1, 0.15) is 0 Å². The van der Waals surface area contributed by atoms with Crippen LogP contribution in [-0.2, 0) is 11.2 Å². The number of aliphatic hydroxyl groups excluding tert-OH is 1. The van der Waals surface area contributed by atoms with E-state index in [4.69, 9.17) is 5.11 Å². The molecule has 0 radical (unpaired) electrons. The molecule has 2 rings (SSSR count). The van der Waals surface area contributed by atoms with E-state index in [1.807, 2.05) is 26.0 Å². The predicted octanol–water partition coefficient (Wildman–Crippen LogP) is 1.98. The number of hydrogen-bond acceptors (Lipinski definition) is 3. The number of amides is 1. The van der Waals surface area contributed by atoms with Gasteiger partial charge < -0.3 is 10.4 Å². The van der Waals surface area contributed by atoms with Crippen LogP contribution in [0, 0.1) is 0 Å². The third kappa shape index (κ3) is 3.06. The molecule has 0 saturated heterocycles. The Hall–Kier alpha value is -1.00. The Morgan fingerprint density at radius 2 is 2.22 bits per heavy atom. The van der Waals surface area contributed by atoms with Gasteiger partial charge in [-0.25, -0.2) is 0 Å². The summed E-state index contributed by atoms with van der Waals surface area (Å²) >= 11 is 1.63. The first-order valence-corrected chi connectivity index (χ1v) is 7.07. The van der Waals surface area contributed by atoms with E-state index in [0.29, 0.717) is 6.42 Å². The molecule has 4 heteroatoms. The van der Waals surface area contributed by atoms with Crippen LogP contribution >= 0.6 is 11.8 Å². The van der Waals surface area contributed by atoms with Gasteiger partial charge in [-0.05, 0) is 38.3 Å². The summed E-state index contributed by atoms with van der Waals surface area (Å²) in [6.45, 7) is 3.97. The van der Waals surface area contributed by atoms with Crippen molar-refractivity contribution in [3.8, 4) is 0 Å². The van der Waals surface area contributed by atoms with E-state index in [1.165, 1.54) is 10.5 Å². The van der Waals surface area contributed by atoms with E-state index >= 15 is 0 Å². The lowest BCUT2D eigenvalue weighted by molar-refractivity contribution is -0.122. The van der Waals surface area contributed by atoms with E-state index < -0.39 is 0 Å².